The highest BCUT2D eigenvalue weighted by Crippen LogP contribution is 2.33. The summed E-state index contributed by atoms with van der Waals surface area (Å²) in [5.41, 5.74) is 9.60. The summed E-state index contributed by atoms with van der Waals surface area (Å²) >= 11 is 0. The minimum Gasteiger partial charge on any atom is -0.398 e. The summed E-state index contributed by atoms with van der Waals surface area (Å²) in [6, 6.07) is 7.73. The van der Waals surface area contributed by atoms with Gasteiger partial charge in [-0.05, 0) is 66.5 Å². The van der Waals surface area contributed by atoms with E-state index in [9.17, 15) is 9.59 Å². The summed E-state index contributed by atoms with van der Waals surface area (Å²) < 4.78 is 0. The molecule has 1 saturated carbocycles. The normalized spacial score (nSPS) is 13.6. The van der Waals surface area contributed by atoms with Crippen LogP contribution in [0.3, 0.4) is 0 Å². The molecule has 0 atom stereocenters. The molecule has 4 aromatic rings. The lowest BCUT2D eigenvalue weighted by Crippen LogP contribution is -2.37. The minimum absolute atomic E-state index is 0.278. The van der Waals surface area contributed by atoms with Crippen molar-refractivity contribution in [2.24, 2.45) is 5.92 Å². The number of aromatic nitrogens is 2. The second-order valence-electron chi connectivity index (χ2n) is 7.90. The molecule has 0 radical (unpaired) electrons. The van der Waals surface area contributed by atoms with Crippen LogP contribution in [0.4, 0.5) is 22.9 Å². The molecule has 1 aliphatic rings. The molecule has 0 amide bonds. The Bertz CT molecular complexity index is 1350. The first-order valence-electron chi connectivity index (χ1n) is 9.95. The van der Waals surface area contributed by atoms with Crippen LogP contribution < -0.4 is 27.2 Å². The first-order chi connectivity index (χ1) is 14.5. The molecule has 2 heterocycles. The molecule has 2 aromatic carbocycles. The van der Waals surface area contributed by atoms with Crippen molar-refractivity contribution in [1.29, 1.82) is 0 Å². The predicted octanol–water partition coefficient (Wildman–Crippen LogP) is 3.35. The van der Waals surface area contributed by atoms with Crippen molar-refractivity contribution < 1.29 is 0 Å². The first kappa shape index (κ1) is 18.3. The summed E-state index contributed by atoms with van der Waals surface area (Å²) in [7, 11) is 0. The fourth-order valence-electron chi connectivity index (χ4n) is 3.65. The largest absolute Gasteiger partial charge is 0.398 e. The number of rotatable bonds is 6. The molecule has 0 bridgehead atoms. The van der Waals surface area contributed by atoms with Crippen molar-refractivity contribution in [2.75, 3.05) is 22.9 Å². The Morgan fingerprint density at radius 2 is 1.90 bits per heavy atom. The van der Waals surface area contributed by atoms with E-state index < -0.39 is 10.9 Å². The van der Waals surface area contributed by atoms with Gasteiger partial charge in [0.15, 0.2) is 0 Å². The number of hydrogen-bond donors (Lipinski definition) is 3. The van der Waals surface area contributed by atoms with Gasteiger partial charge in [0.1, 0.15) is 17.2 Å². The van der Waals surface area contributed by atoms with Gasteiger partial charge in [0.2, 0.25) is 0 Å². The van der Waals surface area contributed by atoms with Gasteiger partial charge in [0, 0.05) is 41.8 Å². The molecule has 7 nitrogen and oxygen atoms in total. The van der Waals surface area contributed by atoms with Gasteiger partial charge in [-0.1, -0.05) is 0 Å². The Labute approximate surface area is 172 Å². The number of nitrogens with zero attached hydrogens (tertiary/aromatic N) is 2. The highest BCUT2D eigenvalue weighted by molar-refractivity contribution is 5.98. The third kappa shape index (κ3) is 3.18. The summed E-state index contributed by atoms with van der Waals surface area (Å²) in [6.07, 6.45) is 7.58. The molecule has 1 fully saturated rings. The molecule has 0 saturated heterocycles. The molecule has 150 valence electrons. The summed E-state index contributed by atoms with van der Waals surface area (Å²) in [6.45, 7) is 2.74. The monoisotopic (exact) mass is 399 g/mol. The van der Waals surface area contributed by atoms with Crippen molar-refractivity contribution >= 4 is 33.7 Å². The van der Waals surface area contributed by atoms with Crippen molar-refractivity contribution in [3.8, 4) is 11.1 Å². The molecule has 0 aliphatic heterocycles. The van der Waals surface area contributed by atoms with E-state index in [1.165, 1.54) is 0 Å². The van der Waals surface area contributed by atoms with Crippen molar-refractivity contribution in [1.82, 2.24) is 9.97 Å². The molecular weight excluding hydrogens is 378 g/mol. The van der Waals surface area contributed by atoms with Crippen molar-refractivity contribution in [2.45, 2.75) is 19.8 Å². The number of benzene rings is 1. The highest BCUT2D eigenvalue weighted by atomic mass is 16.2. The van der Waals surface area contributed by atoms with E-state index in [1.54, 1.807) is 12.4 Å². The van der Waals surface area contributed by atoms with Gasteiger partial charge in [-0.3, -0.25) is 14.6 Å². The predicted molar refractivity (Wildman–Crippen MR) is 120 cm³/mol. The van der Waals surface area contributed by atoms with Crippen LogP contribution in [0.15, 0.2) is 52.4 Å². The van der Waals surface area contributed by atoms with Crippen molar-refractivity contribution in [3.05, 3.63) is 68.9 Å². The minimum atomic E-state index is -0.519. The molecular formula is C23H21N5O2. The summed E-state index contributed by atoms with van der Waals surface area (Å²) in [5, 5.41) is 7.83. The third-order valence-corrected chi connectivity index (χ3v) is 5.65. The zero-order chi connectivity index (χ0) is 20.8. The fraction of sp³-hybridized carbons (Fsp3) is 0.217. The first-order valence-corrected chi connectivity index (χ1v) is 9.95. The smallest absolute Gasteiger partial charge is 0.253 e. The Morgan fingerprint density at radius 1 is 1.10 bits per heavy atom. The van der Waals surface area contributed by atoms with E-state index in [4.69, 9.17) is 5.73 Å². The van der Waals surface area contributed by atoms with Crippen molar-refractivity contribution in [3.63, 3.8) is 0 Å². The Kier molecular flexibility index (Phi) is 4.24. The van der Waals surface area contributed by atoms with Crippen LogP contribution in [0, 0.1) is 12.8 Å². The van der Waals surface area contributed by atoms with E-state index >= 15 is 0 Å². The maximum absolute atomic E-state index is 12.1. The molecule has 0 spiro atoms. The van der Waals surface area contributed by atoms with Crippen LogP contribution in [0.1, 0.15) is 18.4 Å². The number of anilines is 4. The van der Waals surface area contributed by atoms with Gasteiger partial charge < -0.3 is 16.4 Å². The van der Waals surface area contributed by atoms with Crippen LogP contribution in [-0.2, 0) is 0 Å². The number of aryl methyl sites for hydroxylation is 1. The van der Waals surface area contributed by atoms with E-state index in [0.29, 0.717) is 23.1 Å². The Hall–Kier alpha value is -3.74. The number of hydrogen-bond acceptors (Lipinski definition) is 7. The number of fused-ring (bicyclic) bond motifs is 1. The van der Waals surface area contributed by atoms with E-state index in [1.807, 2.05) is 37.4 Å². The van der Waals surface area contributed by atoms with E-state index in [0.717, 1.165) is 46.8 Å². The summed E-state index contributed by atoms with van der Waals surface area (Å²) in [4.78, 5) is 32.6. The second-order valence-corrected chi connectivity index (χ2v) is 7.90. The lowest BCUT2D eigenvalue weighted by Gasteiger charge is -2.15. The molecule has 30 heavy (non-hydrogen) atoms. The number of nitrogens with two attached hydrogens (primary N) is 1. The summed E-state index contributed by atoms with van der Waals surface area (Å²) in [5.74, 6) is 1.09. The Morgan fingerprint density at radius 3 is 2.67 bits per heavy atom. The average molecular weight is 399 g/mol. The molecule has 1 aliphatic carbocycles. The van der Waals surface area contributed by atoms with Crippen LogP contribution >= 0.6 is 0 Å². The van der Waals surface area contributed by atoms with Crippen LogP contribution in [0.25, 0.3) is 21.9 Å². The topological polar surface area (TPSA) is 110 Å². The standard InChI is InChI=1S/C23H21N5O2/c1-12-4-5-25-10-16(12)14-6-15-8-19(26-11-17(15)18(24)7-14)28-21-20(22(29)23(21)30)27-9-13-2-3-13/h4-8,10-11,13,27H,2-3,9,24H2,1H3,(H,26,28). The number of nitrogens with one attached hydrogen (secondary N) is 2. The molecule has 2 aromatic heterocycles. The Balaban J connectivity index is 1.49. The lowest BCUT2D eigenvalue weighted by atomic mass is 9.99. The zero-order valence-corrected chi connectivity index (χ0v) is 16.5. The molecule has 5 rings (SSSR count). The van der Waals surface area contributed by atoms with Gasteiger partial charge in [-0.2, -0.15) is 0 Å². The van der Waals surface area contributed by atoms with Gasteiger partial charge in [0.05, 0.1) is 0 Å². The van der Waals surface area contributed by atoms with E-state index in [2.05, 4.69) is 20.6 Å². The van der Waals surface area contributed by atoms with E-state index in [-0.39, 0.29) is 5.69 Å². The molecule has 7 heteroatoms. The van der Waals surface area contributed by atoms with Crippen LogP contribution in [0.5, 0.6) is 0 Å². The quantitative estimate of drug-likeness (QED) is 0.337. The van der Waals surface area contributed by atoms with Gasteiger partial charge in [0.25, 0.3) is 10.9 Å². The number of pyridine rings is 2. The molecule has 4 N–H and O–H groups in total. The fourth-order valence-corrected chi connectivity index (χ4v) is 3.65. The van der Waals surface area contributed by atoms with Crippen LogP contribution in [0.2, 0.25) is 0 Å². The average Bonchev–Trinajstić information content (AvgIpc) is 3.57. The maximum Gasteiger partial charge on any atom is 0.253 e. The third-order valence-electron chi connectivity index (χ3n) is 5.65. The maximum atomic E-state index is 12.1. The lowest BCUT2D eigenvalue weighted by molar-refractivity contribution is 0.886. The highest BCUT2D eigenvalue weighted by Gasteiger charge is 2.25. The van der Waals surface area contributed by atoms with Gasteiger partial charge >= 0.3 is 0 Å². The SMILES string of the molecule is Cc1ccncc1-c1cc(N)c2cnc(Nc3c(NCC4CC4)c(=O)c3=O)cc2c1. The molecule has 0 unspecified atom stereocenters. The second kappa shape index (κ2) is 6.95. The number of nitrogen functional groups attached to an aromatic ring is 1. The van der Waals surface area contributed by atoms with Gasteiger partial charge in [-0.15, -0.1) is 0 Å². The van der Waals surface area contributed by atoms with Gasteiger partial charge in [-0.25, -0.2) is 4.98 Å². The van der Waals surface area contributed by atoms with Crippen LogP contribution in [-0.4, -0.2) is 16.5 Å². The zero-order valence-electron chi connectivity index (χ0n) is 16.5.